The number of sulfonamides is 1. The van der Waals surface area contributed by atoms with Crippen molar-refractivity contribution in [2.75, 3.05) is 19.4 Å². The number of amides is 1. The van der Waals surface area contributed by atoms with Crippen LogP contribution in [0.5, 0.6) is 11.5 Å². The van der Waals surface area contributed by atoms with Gasteiger partial charge in [0.25, 0.3) is 5.91 Å². The minimum atomic E-state index is -3.64. The zero-order chi connectivity index (χ0) is 16.8. The molecule has 0 unspecified atom stereocenters. The average Bonchev–Trinajstić information content (AvgIpc) is 2.62. The van der Waals surface area contributed by atoms with E-state index in [9.17, 15) is 13.2 Å². The number of hydrogen-bond acceptors (Lipinski definition) is 4. The number of nitrogens with one attached hydrogen (secondary N) is 1. The number of ether oxygens (including phenoxy) is 1. The van der Waals surface area contributed by atoms with E-state index in [0.717, 1.165) is 4.31 Å². The highest BCUT2D eigenvalue weighted by Gasteiger charge is 2.25. The molecule has 1 amide bonds. The lowest BCUT2D eigenvalue weighted by atomic mass is 10.2. The maximum absolute atomic E-state index is 12.4. The van der Waals surface area contributed by atoms with Crippen molar-refractivity contribution in [2.24, 2.45) is 0 Å². The van der Waals surface area contributed by atoms with Gasteiger partial charge in [0.05, 0.1) is 16.1 Å². The molecule has 23 heavy (non-hydrogen) atoms. The number of hydrogen-bond donors (Lipinski definition) is 1. The van der Waals surface area contributed by atoms with E-state index in [1.807, 2.05) is 0 Å². The van der Waals surface area contributed by atoms with Gasteiger partial charge in [-0.3, -0.25) is 4.79 Å². The lowest BCUT2D eigenvalue weighted by Gasteiger charge is -2.13. The number of nitrogens with zero attached hydrogens (tertiary/aromatic N) is 1. The van der Waals surface area contributed by atoms with Gasteiger partial charge in [-0.05, 0) is 36.4 Å². The largest absolute Gasteiger partial charge is 0.454 e. The van der Waals surface area contributed by atoms with Gasteiger partial charge in [0.15, 0.2) is 5.75 Å². The Hall–Kier alpha value is -2.09. The van der Waals surface area contributed by atoms with Crippen LogP contribution in [0, 0.1) is 0 Å². The molecule has 0 bridgehead atoms. The van der Waals surface area contributed by atoms with Gasteiger partial charge in [-0.25, -0.2) is 12.7 Å². The predicted molar refractivity (Wildman–Crippen MR) is 86.8 cm³/mol. The molecule has 0 atom stereocenters. The van der Waals surface area contributed by atoms with Crippen molar-refractivity contribution in [1.82, 2.24) is 4.31 Å². The van der Waals surface area contributed by atoms with Crippen molar-refractivity contribution >= 4 is 33.2 Å². The molecule has 1 N–H and O–H groups in total. The van der Waals surface area contributed by atoms with E-state index in [4.69, 9.17) is 16.3 Å². The minimum absolute atomic E-state index is 0.0176. The highest BCUT2D eigenvalue weighted by molar-refractivity contribution is 7.89. The molecule has 120 valence electrons. The Morgan fingerprint density at radius 3 is 2.48 bits per heavy atom. The van der Waals surface area contributed by atoms with Crippen LogP contribution in [-0.4, -0.2) is 32.7 Å². The molecule has 0 radical (unpaired) electrons. The molecule has 1 aliphatic heterocycles. The monoisotopic (exact) mass is 352 g/mol. The number of fused-ring (bicyclic) bond motifs is 2. The number of carbonyl (C=O) groups excluding carboxylic acids is 1. The second kappa shape index (κ2) is 5.52. The van der Waals surface area contributed by atoms with E-state index in [1.165, 1.54) is 32.3 Å². The molecule has 0 saturated carbocycles. The summed E-state index contributed by atoms with van der Waals surface area (Å²) < 4.78 is 31.2. The Morgan fingerprint density at radius 1 is 1.09 bits per heavy atom. The lowest BCUT2D eigenvalue weighted by molar-refractivity contribution is 0.102. The molecule has 0 spiro atoms. The quantitative estimate of drug-likeness (QED) is 0.901. The van der Waals surface area contributed by atoms with Crippen molar-refractivity contribution in [1.29, 1.82) is 0 Å². The van der Waals surface area contributed by atoms with Crippen LogP contribution < -0.4 is 10.1 Å². The van der Waals surface area contributed by atoms with Gasteiger partial charge >= 0.3 is 0 Å². The molecule has 0 aliphatic carbocycles. The van der Waals surface area contributed by atoms with Gasteiger partial charge in [0, 0.05) is 19.1 Å². The normalized spacial score (nSPS) is 13.7. The summed E-state index contributed by atoms with van der Waals surface area (Å²) in [5, 5.41) is 3.12. The second-order valence-electron chi connectivity index (χ2n) is 5.14. The molecule has 0 aromatic heterocycles. The standard InChI is InChI=1S/C15H13ClN2O4S/c1-18(2)23(20,21)10-4-6-13-11(8-10)15(19)17-12-7-9(16)3-5-14(12)22-13/h3-8H,1-2H3,(H,17,19). The van der Waals surface area contributed by atoms with E-state index in [1.54, 1.807) is 18.2 Å². The van der Waals surface area contributed by atoms with Crippen molar-refractivity contribution < 1.29 is 17.9 Å². The van der Waals surface area contributed by atoms with Crippen LogP contribution in [0.3, 0.4) is 0 Å². The summed E-state index contributed by atoms with van der Waals surface area (Å²) in [5.41, 5.74) is 0.566. The third-order valence-electron chi connectivity index (χ3n) is 3.38. The molecule has 1 aliphatic rings. The zero-order valence-corrected chi connectivity index (χ0v) is 13.9. The molecule has 8 heteroatoms. The minimum Gasteiger partial charge on any atom is -0.454 e. The zero-order valence-electron chi connectivity index (χ0n) is 12.3. The maximum Gasteiger partial charge on any atom is 0.259 e. The molecule has 0 saturated heterocycles. The topological polar surface area (TPSA) is 75.7 Å². The Morgan fingerprint density at radius 2 is 1.78 bits per heavy atom. The van der Waals surface area contributed by atoms with E-state index >= 15 is 0 Å². The summed E-state index contributed by atoms with van der Waals surface area (Å²) in [5.74, 6) is 0.253. The third-order valence-corrected chi connectivity index (χ3v) is 5.43. The first kappa shape index (κ1) is 15.8. The molecule has 2 aromatic carbocycles. The second-order valence-corrected chi connectivity index (χ2v) is 7.73. The summed E-state index contributed by atoms with van der Waals surface area (Å²) in [6.45, 7) is 0. The molecule has 2 aromatic rings. The summed E-state index contributed by atoms with van der Waals surface area (Å²) in [7, 11) is -0.791. The Balaban J connectivity index is 2.11. The molecular formula is C15H13ClN2O4S. The summed E-state index contributed by atoms with van der Waals surface area (Å²) in [4.78, 5) is 12.4. The van der Waals surface area contributed by atoms with Crippen molar-refractivity contribution in [2.45, 2.75) is 4.90 Å². The van der Waals surface area contributed by atoms with Gasteiger partial charge in [0.2, 0.25) is 10.0 Å². The summed E-state index contributed by atoms with van der Waals surface area (Å²) in [6.07, 6.45) is 0. The molecule has 3 rings (SSSR count). The van der Waals surface area contributed by atoms with Crippen LogP contribution in [0.4, 0.5) is 5.69 Å². The fourth-order valence-electron chi connectivity index (χ4n) is 2.14. The highest BCUT2D eigenvalue weighted by atomic mass is 35.5. The van der Waals surface area contributed by atoms with Crippen LogP contribution in [0.25, 0.3) is 0 Å². The Kier molecular flexibility index (Phi) is 3.79. The van der Waals surface area contributed by atoms with Gasteiger partial charge in [-0.2, -0.15) is 0 Å². The number of halogens is 1. The van der Waals surface area contributed by atoms with E-state index in [0.29, 0.717) is 16.5 Å². The highest BCUT2D eigenvalue weighted by Crippen LogP contribution is 2.37. The van der Waals surface area contributed by atoms with Crippen LogP contribution in [0.2, 0.25) is 5.02 Å². The number of anilines is 1. The fraction of sp³-hybridized carbons (Fsp3) is 0.133. The lowest BCUT2D eigenvalue weighted by Crippen LogP contribution is -2.22. The van der Waals surface area contributed by atoms with Crippen LogP contribution in [0.15, 0.2) is 41.3 Å². The van der Waals surface area contributed by atoms with Crippen LogP contribution in [-0.2, 0) is 10.0 Å². The van der Waals surface area contributed by atoms with E-state index in [-0.39, 0.29) is 16.2 Å². The smallest absolute Gasteiger partial charge is 0.259 e. The van der Waals surface area contributed by atoms with Gasteiger partial charge in [-0.1, -0.05) is 11.6 Å². The van der Waals surface area contributed by atoms with Gasteiger partial charge in [0.1, 0.15) is 5.75 Å². The molecule has 0 fully saturated rings. The Labute approximate surface area is 138 Å². The molecule has 6 nitrogen and oxygen atoms in total. The van der Waals surface area contributed by atoms with Crippen LogP contribution in [0.1, 0.15) is 10.4 Å². The number of carbonyl (C=O) groups is 1. The SMILES string of the molecule is CN(C)S(=O)(=O)c1ccc2c(c1)C(=O)Nc1cc(Cl)ccc1O2. The first-order valence-electron chi connectivity index (χ1n) is 6.64. The van der Waals surface area contributed by atoms with Gasteiger partial charge in [-0.15, -0.1) is 0 Å². The third kappa shape index (κ3) is 2.78. The summed E-state index contributed by atoms with van der Waals surface area (Å²) in [6, 6.07) is 9.02. The fourth-order valence-corrected chi connectivity index (χ4v) is 3.24. The van der Waals surface area contributed by atoms with Gasteiger partial charge < -0.3 is 10.1 Å². The number of benzene rings is 2. The first-order chi connectivity index (χ1) is 10.8. The first-order valence-corrected chi connectivity index (χ1v) is 8.46. The van der Waals surface area contributed by atoms with Crippen molar-refractivity contribution in [3.63, 3.8) is 0 Å². The summed E-state index contributed by atoms with van der Waals surface area (Å²) >= 11 is 5.92. The molecular weight excluding hydrogens is 340 g/mol. The Bertz CT molecular complexity index is 910. The van der Waals surface area contributed by atoms with Crippen molar-refractivity contribution in [3.05, 3.63) is 47.0 Å². The average molecular weight is 353 g/mol. The van der Waals surface area contributed by atoms with Crippen molar-refractivity contribution in [3.8, 4) is 11.5 Å². The molecule has 1 heterocycles. The van der Waals surface area contributed by atoms with Crippen LogP contribution >= 0.6 is 11.6 Å². The van der Waals surface area contributed by atoms with E-state index < -0.39 is 15.9 Å². The van der Waals surface area contributed by atoms with E-state index in [2.05, 4.69) is 5.32 Å². The predicted octanol–water partition coefficient (Wildman–Crippen LogP) is 2.95. The number of rotatable bonds is 2. The maximum atomic E-state index is 12.4.